The first kappa shape index (κ1) is 11.1. The largest absolute Gasteiger partial charge is 0.269 e. The van der Waals surface area contributed by atoms with E-state index in [-0.39, 0.29) is 0 Å². The molecule has 2 aromatic heterocycles. The van der Waals surface area contributed by atoms with Crippen LogP contribution in [0.3, 0.4) is 0 Å². The fraction of sp³-hybridized carbons (Fsp3) is 0.333. The van der Waals surface area contributed by atoms with Crippen LogP contribution in [0.15, 0.2) is 24.5 Å². The minimum atomic E-state index is 0.343. The molecule has 2 heterocycles. The van der Waals surface area contributed by atoms with Crippen LogP contribution in [-0.4, -0.2) is 14.8 Å². The predicted octanol–water partition coefficient (Wildman–Crippen LogP) is 3.49. The maximum atomic E-state index is 6.11. The molecule has 0 amide bonds. The van der Waals surface area contributed by atoms with Gasteiger partial charge < -0.3 is 0 Å². The highest BCUT2D eigenvalue weighted by Gasteiger charge is 2.13. The Bertz CT molecular complexity index is 503. The van der Waals surface area contributed by atoms with Gasteiger partial charge in [-0.3, -0.25) is 9.67 Å². The number of nitrogens with zero attached hydrogens (tertiary/aromatic N) is 3. The molecule has 4 heteroatoms. The van der Waals surface area contributed by atoms with E-state index < -0.39 is 0 Å². The number of aromatic nitrogens is 3. The highest BCUT2D eigenvalue weighted by molar-refractivity contribution is 6.32. The summed E-state index contributed by atoms with van der Waals surface area (Å²) < 4.78 is 1.93. The van der Waals surface area contributed by atoms with E-state index in [0.717, 1.165) is 17.0 Å². The maximum Gasteiger partial charge on any atom is 0.115 e. The molecule has 0 bridgehead atoms. The Balaban J connectivity index is 2.52. The zero-order valence-electron chi connectivity index (χ0n) is 9.61. The average molecular weight is 236 g/mol. The van der Waals surface area contributed by atoms with Gasteiger partial charge in [0.25, 0.3) is 0 Å². The van der Waals surface area contributed by atoms with E-state index in [1.54, 1.807) is 6.20 Å². The highest BCUT2D eigenvalue weighted by atomic mass is 35.5. The van der Waals surface area contributed by atoms with Crippen LogP contribution in [0.1, 0.15) is 25.5 Å². The lowest BCUT2D eigenvalue weighted by molar-refractivity contribution is 0.533. The van der Waals surface area contributed by atoms with Crippen LogP contribution in [0.25, 0.3) is 11.4 Å². The van der Waals surface area contributed by atoms with Gasteiger partial charge >= 0.3 is 0 Å². The van der Waals surface area contributed by atoms with Crippen molar-refractivity contribution in [3.8, 4) is 11.4 Å². The Morgan fingerprint density at radius 2 is 2.06 bits per heavy atom. The van der Waals surface area contributed by atoms with Gasteiger partial charge in [-0.25, -0.2) is 0 Å². The summed E-state index contributed by atoms with van der Waals surface area (Å²) in [5.41, 5.74) is 2.70. The number of hydrogen-bond donors (Lipinski definition) is 0. The van der Waals surface area contributed by atoms with Crippen LogP contribution < -0.4 is 0 Å². The van der Waals surface area contributed by atoms with Crippen molar-refractivity contribution in [3.05, 3.63) is 35.1 Å². The van der Waals surface area contributed by atoms with Gasteiger partial charge in [0.2, 0.25) is 0 Å². The molecule has 16 heavy (non-hydrogen) atoms. The average Bonchev–Trinajstić information content (AvgIpc) is 2.61. The van der Waals surface area contributed by atoms with Crippen LogP contribution in [0.4, 0.5) is 0 Å². The van der Waals surface area contributed by atoms with Gasteiger partial charge in [-0.2, -0.15) is 5.10 Å². The standard InChI is InChI=1S/C12H14ClN3/c1-8(2)16-7-9(3)11(15-16)12-10(13)5-4-6-14-12/h4-8H,1-3H3. The van der Waals surface area contributed by atoms with E-state index in [9.17, 15) is 0 Å². The molecule has 0 radical (unpaired) electrons. The summed E-state index contributed by atoms with van der Waals surface area (Å²) in [7, 11) is 0. The minimum Gasteiger partial charge on any atom is -0.269 e. The molecular weight excluding hydrogens is 222 g/mol. The fourth-order valence-electron chi connectivity index (χ4n) is 1.54. The molecule has 0 aliphatic heterocycles. The van der Waals surface area contributed by atoms with Crippen molar-refractivity contribution < 1.29 is 0 Å². The summed E-state index contributed by atoms with van der Waals surface area (Å²) in [6.07, 6.45) is 3.75. The van der Waals surface area contributed by atoms with Gasteiger partial charge in [0.1, 0.15) is 11.4 Å². The number of pyridine rings is 1. The van der Waals surface area contributed by atoms with Crippen molar-refractivity contribution in [2.24, 2.45) is 0 Å². The molecule has 0 spiro atoms. The molecule has 0 aliphatic carbocycles. The molecule has 0 unspecified atom stereocenters. The molecule has 0 saturated carbocycles. The molecule has 0 atom stereocenters. The van der Waals surface area contributed by atoms with Gasteiger partial charge in [-0.1, -0.05) is 11.6 Å². The van der Waals surface area contributed by atoms with E-state index in [0.29, 0.717) is 11.1 Å². The number of rotatable bonds is 2. The fourth-order valence-corrected chi connectivity index (χ4v) is 1.75. The molecule has 0 N–H and O–H groups in total. The number of hydrogen-bond acceptors (Lipinski definition) is 2. The van der Waals surface area contributed by atoms with Crippen molar-refractivity contribution in [2.45, 2.75) is 26.8 Å². The zero-order chi connectivity index (χ0) is 11.7. The summed E-state index contributed by atoms with van der Waals surface area (Å²) in [5, 5.41) is 5.15. The minimum absolute atomic E-state index is 0.343. The molecule has 3 nitrogen and oxygen atoms in total. The molecular formula is C12H14ClN3. The smallest absolute Gasteiger partial charge is 0.115 e. The summed E-state index contributed by atoms with van der Waals surface area (Å²) in [6.45, 7) is 6.21. The van der Waals surface area contributed by atoms with E-state index in [1.807, 2.05) is 29.9 Å². The Morgan fingerprint density at radius 3 is 2.62 bits per heavy atom. The van der Waals surface area contributed by atoms with E-state index in [4.69, 9.17) is 11.6 Å². The zero-order valence-corrected chi connectivity index (χ0v) is 10.4. The van der Waals surface area contributed by atoms with E-state index in [1.165, 1.54) is 0 Å². The normalized spacial score (nSPS) is 11.1. The highest BCUT2D eigenvalue weighted by Crippen LogP contribution is 2.27. The van der Waals surface area contributed by atoms with E-state index >= 15 is 0 Å². The second-order valence-corrected chi connectivity index (χ2v) is 4.48. The van der Waals surface area contributed by atoms with Crippen molar-refractivity contribution in [1.82, 2.24) is 14.8 Å². The third-order valence-electron chi connectivity index (χ3n) is 2.43. The summed E-state index contributed by atoms with van der Waals surface area (Å²) in [5.74, 6) is 0. The van der Waals surface area contributed by atoms with Crippen molar-refractivity contribution in [2.75, 3.05) is 0 Å². The first-order chi connectivity index (χ1) is 7.59. The van der Waals surface area contributed by atoms with Crippen molar-refractivity contribution in [1.29, 1.82) is 0 Å². The maximum absolute atomic E-state index is 6.11. The second-order valence-electron chi connectivity index (χ2n) is 4.07. The van der Waals surface area contributed by atoms with Crippen molar-refractivity contribution in [3.63, 3.8) is 0 Å². The Hall–Kier alpha value is -1.35. The SMILES string of the molecule is Cc1cn(C(C)C)nc1-c1ncccc1Cl. The third-order valence-corrected chi connectivity index (χ3v) is 2.73. The summed E-state index contributed by atoms with van der Waals surface area (Å²) in [6, 6.07) is 3.99. The quantitative estimate of drug-likeness (QED) is 0.798. The Labute approximate surface area is 100 Å². The van der Waals surface area contributed by atoms with Gasteiger partial charge in [0.05, 0.1) is 5.02 Å². The third kappa shape index (κ3) is 1.95. The second kappa shape index (κ2) is 4.26. The van der Waals surface area contributed by atoms with Gasteiger partial charge in [-0.15, -0.1) is 0 Å². The van der Waals surface area contributed by atoms with Crippen LogP contribution in [-0.2, 0) is 0 Å². The lowest BCUT2D eigenvalue weighted by atomic mass is 10.2. The van der Waals surface area contributed by atoms with Crippen LogP contribution in [0.2, 0.25) is 5.02 Å². The molecule has 0 aliphatic rings. The molecule has 84 valence electrons. The van der Waals surface area contributed by atoms with Crippen LogP contribution in [0.5, 0.6) is 0 Å². The first-order valence-electron chi connectivity index (χ1n) is 5.26. The summed E-state index contributed by atoms with van der Waals surface area (Å²) >= 11 is 6.11. The van der Waals surface area contributed by atoms with Gasteiger partial charge in [0, 0.05) is 18.4 Å². The topological polar surface area (TPSA) is 30.7 Å². The number of halogens is 1. The van der Waals surface area contributed by atoms with Crippen LogP contribution in [0, 0.1) is 6.92 Å². The lowest BCUT2D eigenvalue weighted by Crippen LogP contribution is -2.01. The number of aryl methyl sites for hydroxylation is 1. The molecule has 2 aromatic rings. The van der Waals surface area contributed by atoms with E-state index in [2.05, 4.69) is 23.9 Å². The Morgan fingerprint density at radius 1 is 1.31 bits per heavy atom. The molecule has 0 fully saturated rings. The van der Waals surface area contributed by atoms with Crippen molar-refractivity contribution >= 4 is 11.6 Å². The molecule has 0 saturated heterocycles. The molecule has 2 rings (SSSR count). The molecule has 0 aromatic carbocycles. The van der Waals surface area contributed by atoms with Gasteiger partial charge in [0.15, 0.2) is 0 Å². The summed E-state index contributed by atoms with van der Waals surface area (Å²) in [4.78, 5) is 4.27. The monoisotopic (exact) mass is 235 g/mol. The van der Waals surface area contributed by atoms with Gasteiger partial charge in [-0.05, 0) is 38.5 Å². The predicted molar refractivity (Wildman–Crippen MR) is 65.6 cm³/mol. The lowest BCUT2D eigenvalue weighted by Gasteiger charge is -2.03. The Kier molecular flexibility index (Phi) is 2.97. The first-order valence-corrected chi connectivity index (χ1v) is 5.64. The van der Waals surface area contributed by atoms with Crippen LogP contribution >= 0.6 is 11.6 Å².